The van der Waals surface area contributed by atoms with Gasteiger partial charge in [-0.3, -0.25) is 0 Å². The van der Waals surface area contributed by atoms with E-state index in [1.165, 1.54) is 5.56 Å². The van der Waals surface area contributed by atoms with Gasteiger partial charge in [-0.05, 0) is 41.5 Å². The minimum absolute atomic E-state index is 0.620. The molecular formula is C15H13ClN4. The highest BCUT2D eigenvalue weighted by molar-refractivity contribution is 6.30. The number of aromatic nitrogens is 4. The largest absolute Gasteiger partial charge is 0.204 e. The molecule has 0 bridgehead atoms. The highest BCUT2D eigenvalue weighted by Crippen LogP contribution is 2.16. The van der Waals surface area contributed by atoms with Gasteiger partial charge in [0.05, 0.1) is 6.54 Å². The normalized spacial score (nSPS) is 10.7. The summed E-state index contributed by atoms with van der Waals surface area (Å²) in [6.07, 6.45) is 0.886. The summed E-state index contributed by atoms with van der Waals surface area (Å²) < 4.78 is 0. The monoisotopic (exact) mass is 284 g/mol. The van der Waals surface area contributed by atoms with Crippen molar-refractivity contribution in [3.05, 3.63) is 65.2 Å². The molecule has 0 aliphatic heterocycles. The van der Waals surface area contributed by atoms with E-state index in [2.05, 4.69) is 27.5 Å². The molecule has 3 rings (SSSR count). The maximum Gasteiger partial charge on any atom is 0.204 e. The summed E-state index contributed by atoms with van der Waals surface area (Å²) in [5.74, 6) is 0.620. The van der Waals surface area contributed by atoms with Crippen molar-refractivity contribution in [2.45, 2.75) is 13.0 Å². The van der Waals surface area contributed by atoms with Gasteiger partial charge in [0.2, 0.25) is 5.82 Å². The molecule has 0 aliphatic rings. The average Bonchev–Trinajstić information content (AvgIpc) is 2.96. The van der Waals surface area contributed by atoms with E-state index in [-0.39, 0.29) is 0 Å². The van der Waals surface area contributed by atoms with Gasteiger partial charge in [0, 0.05) is 10.6 Å². The van der Waals surface area contributed by atoms with Crippen molar-refractivity contribution in [3.8, 4) is 11.4 Å². The lowest BCUT2D eigenvalue weighted by atomic mass is 10.2. The lowest BCUT2D eigenvalue weighted by Crippen LogP contribution is -2.05. The Morgan fingerprint density at radius 3 is 2.45 bits per heavy atom. The summed E-state index contributed by atoms with van der Waals surface area (Å²) in [5.41, 5.74) is 2.18. The number of aryl methyl sites for hydroxylation is 2. The molecule has 0 saturated heterocycles. The first-order chi connectivity index (χ1) is 9.81. The Morgan fingerprint density at radius 1 is 0.950 bits per heavy atom. The predicted molar refractivity (Wildman–Crippen MR) is 78.4 cm³/mol. The summed E-state index contributed by atoms with van der Waals surface area (Å²) >= 11 is 5.86. The van der Waals surface area contributed by atoms with Crippen LogP contribution in [0.15, 0.2) is 54.6 Å². The third kappa shape index (κ3) is 3.03. The van der Waals surface area contributed by atoms with E-state index in [1.54, 1.807) is 4.80 Å². The number of hydrogen-bond acceptors (Lipinski definition) is 3. The molecule has 0 radical (unpaired) electrons. The third-order valence-electron chi connectivity index (χ3n) is 3.00. The molecule has 1 aromatic heterocycles. The van der Waals surface area contributed by atoms with Crippen molar-refractivity contribution < 1.29 is 0 Å². The molecule has 0 fully saturated rings. The van der Waals surface area contributed by atoms with Crippen LogP contribution in [-0.4, -0.2) is 20.2 Å². The summed E-state index contributed by atoms with van der Waals surface area (Å²) in [6.45, 7) is 0.713. The van der Waals surface area contributed by atoms with Gasteiger partial charge in [-0.25, -0.2) is 0 Å². The minimum Gasteiger partial charge on any atom is -0.164 e. The first-order valence-corrected chi connectivity index (χ1v) is 6.77. The van der Waals surface area contributed by atoms with Crippen LogP contribution in [0.2, 0.25) is 5.02 Å². The molecular weight excluding hydrogens is 272 g/mol. The molecule has 1 heterocycles. The third-order valence-corrected chi connectivity index (χ3v) is 3.25. The molecule has 0 saturated carbocycles. The van der Waals surface area contributed by atoms with Gasteiger partial charge in [0.15, 0.2) is 0 Å². The highest BCUT2D eigenvalue weighted by Gasteiger charge is 2.05. The predicted octanol–water partition coefficient (Wildman–Crippen LogP) is 3.24. The Bertz CT molecular complexity index is 677. The van der Waals surface area contributed by atoms with Gasteiger partial charge in [-0.1, -0.05) is 41.9 Å². The van der Waals surface area contributed by atoms with Crippen LogP contribution in [0, 0.1) is 0 Å². The molecule has 0 aliphatic carbocycles. The van der Waals surface area contributed by atoms with Crippen molar-refractivity contribution in [2.24, 2.45) is 0 Å². The van der Waals surface area contributed by atoms with Gasteiger partial charge in [-0.15, -0.1) is 10.2 Å². The number of tetrazole rings is 1. The first kappa shape index (κ1) is 12.8. The molecule has 2 aromatic carbocycles. The number of benzene rings is 2. The van der Waals surface area contributed by atoms with Crippen molar-refractivity contribution in [1.29, 1.82) is 0 Å². The molecule has 0 atom stereocenters. The molecule has 0 unspecified atom stereocenters. The quantitative estimate of drug-likeness (QED) is 0.739. The van der Waals surface area contributed by atoms with Gasteiger partial charge in [0.25, 0.3) is 0 Å². The topological polar surface area (TPSA) is 43.6 Å². The van der Waals surface area contributed by atoms with Crippen molar-refractivity contribution >= 4 is 11.6 Å². The molecule has 3 aromatic rings. The SMILES string of the molecule is Clc1ccc(-c2nnn(CCc3ccccc3)n2)cc1. The van der Waals surface area contributed by atoms with Crippen molar-refractivity contribution in [3.63, 3.8) is 0 Å². The second kappa shape index (κ2) is 5.84. The standard InChI is InChI=1S/C15H13ClN4/c16-14-8-6-13(7-9-14)15-17-19-20(18-15)11-10-12-4-2-1-3-5-12/h1-9H,10-11H2. The van der Waals surface area contributed by atoms with Crippen LogP contribution in [-0.2, 0) is 13.0 Å². The van der Waals surface area contributed by atoms with Crippen LogP contribution in [0.4, 0.5) is 0 Å². The fraction of sp³-hybridized carbons (Fsp3) is 0.133. The van der Waals surface area contributed by atoms with Crippen LogP contribution in [0.25, 0.3) is 11.4 Å². The number of rotatable bonds is 4. The Hall–Kier alpha value is -2.20. The van der Waals surface area contributed by atoms with Crippen molar-refractivity contribution in [2.75, 3.05) is 0 Å². The summed E-state index contributed by atoms with van der Waals surface area (Å²) in [5, 5.41) is 13.2. The van der Waals surface area contributed by atoms with Gasteiger partial charge >= 0.3 is 0 Å². The van der Waals surface area contributed by atoms with Crippen LogP contribution in [0.3, 0.4) is 0 Å². The van der Waals surface area contributed by atoms with Gasteiger partial charge in [0.1, 0.15) is 0 Å². The fourth-order valence-corrected chi connectivity index (χ4v) is 2.05. The number of nitrogens with zero attached hydrogens (tertiary/aromatic N) is 4. The van der Waals surface area contributed by atoms with E-state index >= 15 is 0 Å². The summed E-state index contributed by atoms with van der Waals surface area (Å²) in [6, 6.07) is 17.7. The maximum atomic E-state index is 5.86. The maximum absolute atomic E-state index is 5.86. The second-order valence-electron chi connectivity index (χ2n) is 4.45. The second-order valence-corrected chi connectivity index (χ2v) is 4.89. The van der Waals surface area contributed by atoms with Gasteiger partial charge < -0.3 is 0 Å². The molecule has 0 N–H and O–H groups in total. The average molecular weight is 285 g/mol. The zero-order valence-corrected chi connectivity index (χ0v) is 11.5. The van der Waals surface area contributed by atoms with E-state index in [0.29, 0.717) is 17.4 Å². The Morgan fingerprint density at radius 2 is 1.70 bits per heavy atom. The van der Waals surface area contributed by atoms with Crippen LogP contribution in [0.5, 0.6) is 0 Å². The van der Waals surface area contributed by atoms with Crippen LogP contribution >= 0.6 is 11.6 Å². The molecule has 100 valence electrons. The minimum atomic E-state index is 0.620. The lowest BCUT2D eigenvalue weighted by molar-refractivity contribution is 0.523. The van der Waals surface area contributed by atoms with Crippen molar-refractivity contribution in [1.82, 2.24) is 20.2 Å². The molecule has 4 nitrogen and oxygen atoms in total. The van der Waals surface area contributed by atoms with E-state index < -0.39 is 0 Å². The van der Waals surface area contributed by atoms with Crippen LogP contribution in [0.1, 0.15) is 5.56 Å². The zero-order valence-electron chi connectivity index (χ0n) is 10.8. The number of hydrogen-bond donors (Lipinski definition) is 0. The summed E-state index contributed by atoms with van der Waals surface area (Å²) in [7, 11) is 0. The lowest BCUT2D eigenvalue weighted by Gasteiger charge is -1.99. The Kier molecular flexibility index (Phi) is 3.74. The molecule has 5 heteroatoms. The molecule has 0 spiro atoms. The molecule has 0 amide bonds. The van der Waals surface area contributed by atoms with E-state index in [1.807, 2.05) is 42.5 Å². The van der Waals surface area contributed by atoms with E-state index in [4.69, 9.17) is 11.6 Å². The fourth-order valence-electron chi connectivity index (χ4n) is 1.93. The van der Waals surface area contributed by atoms with E-state index in [0.717, 1.165) is 12.0 Å². The van der Waals surface area contributed by atoms with Gasteiger partial charge in [-0.2, -0.15) is 4.80 Å². The Labute approximate surface area is 122 Å². The zero-order chi connectivity index (χ0) is 13.8. The first-order valence-electron chi connectivity index (χ1n) is 6.39. The summed E-state index contributed by atoms with van der Waals surface area (Å²) in [4.78, 5) is 1.62. The van der Waals surface area contributed by atoms with E-state index in [9.17, 15) is 0 Å². The smallest absolute Gasteiger partial charge is 0.164 e. The van der Waals surface area contributed by atoms with Crippen LogP contribution < -0.4 is 0 Å². The molecule has 20 heavy (non-hydrogen) atoms. The number of halogens is 1. The highest BCUT2D eigenvalue weighted by atomic mass is 35.5. The Balaban J connectivity index is 1.69.